The predicted octanol–water partition coefficient (Wildman–Crippen LogP) is 1.56. The number of amides is 1. The molecule has 114 valence electrons. The molecule has 1 aromatic rings. The Hall–Kier alpha value is -1.53. The molecule has 1 aromatic carbocycles. The van der Waals surface area contributed by atoms with Crippen molar-refractivity contribution in [2.75, 3.05) is 26.2 Å². The minimum atomic E-state index is -1.02. The molecule has 0 radical (unpaired) electrons. The lowest BCUT2D eigenvalue weighted by atomic mass is 10.1. The van der Waals surface area contributed by atoms with E-state index in [4.69, 9.17) is 4.74 Å². The Morgan fingerprint density at radius 1 is 1.38 bits per heavy atom. The van der Waals surface area contributed by atoms with Gasteiger partial charge in [-0.05, 0) is 37.6 Å². The number of carbonyl (C=O) groups is 1. The number of hydrogen-bond donors (Lipinski definition) is 1. The van der Waals surface area contributed by atoms with Crippen LogP contribution in [0.4, 0.5) is 8.78 Å². The van der Waals surface area contributed by atoms with E-state index in [1.807, 2.05) is 0 Å². The maximum Gasteiger partial charge on any atom is 0.251 e. The minimum absolute atomic E-state index is 0.0476. The second-order valence-electron chi connectivity index (χ2n) is 5.59. The third kappa shape index (κ3) is 3.22. The van der Waals surface area contributed by atoms with Crippen molar-refractivity contribution >= 4 is 5.91 Å². The third-order valence-corrected chi connectivity index (χ3v) is 4.13. The van der Waals surface area contributed by atoms with E-state index >= 15 is 0 Å². The monoisotopic (exact) mass is 296 g/mol. The summed E-state index contributed by atoms with van der Waals surface area (Å²) in [5.74, 6) is -2.39. The molecule has 2 saturated heterocycles. The van der Waals surface area contributed by atoms with Crippen LogP contribution < -0.4 is 5.32 Å². The molecule has 0 spiro atoms. The van der Waals surface area contributed by atoms with Crippen LogP contribution in [0.2, 0.25) is 0 Å². The van der Waals surface area contributed by atoms with E-state index in [1.54, 1.807) is 0 Å². The van der Waals surface area contributed by atoms with Gasteiger partial charge in [0.25, 0.3) is 5.91 Å². The molecule has 2 fully saturated rings. The Morgan fingerprint density at radius 2 is 2.24 bits per heavy atom. The van der Waals surface area contributed by atoms with Crippen LogP contribution in [0.1, 0.15) is 23.2 Å². The van der Waals surface area contributed by atoms with Gasteiger partial charge in [0, 0.05) is 24.7 Å². The van der Waals surface area contributed by atoms with Gasteiger partial charge in [-0.25, -0.2) is 8.78 Å². The Kier molecular flexibility index (Phi) is 4.17. The van der Waals surface area contributed by atoms with Crippen molar-refractivity contribution in [1.82, 2.24) is 10.2 Å². The van der Waals surface area contributed by atoms with Gasteiger partial charge < -0.3 is 10.1 Å². The zero-order chi connectivity index (χ0) is 14.8. The molecular weight excluding hydrogens is 278 g/mol. The molecule has 0 bridgehead atoms. The Morgan fingerprint density at radius 3 is 3.05 bits per heavy atom. The van der Waals surface area contributed by atoms with E-state index in [0.717, 1.165) is 25.2 Å². The lowest BCUT2D eigenvalue weighted by molar-refractivity contribution is -0.0461. The Balaban J connectivity index is 1.52. The molecule has 0 aromatic heterocycles. The van der Waals surface area contributed by atoms with E-state index in [-0.39, 0.29) is 11.7 Å². The lowest BCUT2D eigenvalue weighted by Gasteiger charge is -2.35. The van der Waals surface area contributed by atoms with E-state index < -0.39 is 17.5 Å². The summed E-state index contributed by atoms with van der Waals surface area (Å²) in [5, 5.41) is 2.72. The summed E-state index contributed by atoms with van der Waals surface area (Å²) in [6.45, 7) is 2.97. The van der Waals surface area contributed by atoms with Crippen LogP contribution in [-0.4, -0.2) is 49.2 Å². The first-order valence-corrected chi connectivity index (χ1v) is 7.22. The number of ether oxygens (including phenoxy) is 1. The summed E-state index contributed by atoms with van der Waals surface area (Å²) in [7, 11) is 0. The number of morpholine rings is 1. The number of nitrogens with one attached hydrogen (secondary N) is 1. The van der Waals surface area contributed by atoms with Crippen molar-refractivity contribution < 1.29 is 18.3 Å². The van der Waals surface area contributed by atoms with Crippen LogP contribution >= 0.6 is 0 Å². The fraction of sp³-hybridized carbons (Fsp3) is 0.533. The van der Waals surface area contributed by atoms with Crippen LogP contribution in [0, 0.1) is 11.6 Å². The molecule has 2 heterocycles. The number of halogens is 2. The molecule has 2 aliphatic rings. The summed E-state index contributed by atoms with van der Waals surface area (Å²) in [5.41, 5.74) is 0.115. The van der Waals surface area contributed by atoms with Crippen LogP contribution in [0.15, 0.2) is 18.2 Å². The molecule has 6 heteroatoms. The minimum Gasteiger partial charge on any atom is -0.373 e. The summed E-state index contributed by atoms with van der Waals surface area (Å²) in [6.07, 6.45) is 2.32. The van der Waals surface area contributed by atoms with Crippen molar-refractivity contribution in [3.8, 4) is 0 Å². The number of nitrogens with zero attached hydrogens (tertiary/aromatic N) is 1. The van der Waals surface area contributed by atoms with Gasteiger partial charge in [0.2, 0.25) is 0 Å². The van der Waals surface area contributed by atoms with Gasteiger partial charge in [-0.15, -0.1) is 0 Å². The van der Waals surface area contributed by atoms with E-state index in [1.165, 1.54) is 18.9 Å². The quantitative estimate of drug-likeness (QED) is 0.920. The largest absolute Gasteiger partial charge is 0.373 e. The molecule has 2 aliphatic heterocycles. The van der Waals surface area contributed by atoms with E-state index in [2.05, 4.69) is 10.2 Å². The van der Waals surface area contributed by atoms with Gasteiger partial charge in [0.1, 0.15) is 0 Å². The van der Waals surface area contributed by atoms with E-state index in [0.29, 0.717) is 19.2 Å². The van der Waals surface area contributed by atoms with Gasteiger partial charge in [-0.3, -0.25) is 9.69 Å². The summed E-state index contributed by atoms with van der Waals surface area (Å²) >= 11 is 0. The van der Waals surface area contributed by atoms with E-state index in [9.17, 15) is 13.6 Å². The molecule has 21 heavy (non-hydrogen) atoms. The van der Waals surface area contributed by atoms with Crippen molar-refractivity contribution in [3.63, 3.8) is 0 Å². The maximum atomic E-state index is 13.1. The van der Waals surface area contributed by atoms with Gasteiger partial charge in [0.05, 0.1) is 12.7 Å². The SMILES string of the molecule is O=C(NC[C@H]1CN2CCC[C@H]2CO1)c1ccc(F)c(F)c1. The molecule has 0 saturated carbocycles. The van der Waals surface area contributed by atoms with Gasteiger partial charge >= 0.3 is 0 Å². The highest BCUT2D eigenvalue weighted by molar-refractivity contribution is 5.94. The molecular formula is C15H18F2N2O2. The number of carbonyl (C=O) groups excluding carboxylic acids is 1. The zero-order valence-corrected chi connectivity index (χ0v) is 11.6. The van der Waals surface area contributed by atoms with Crippen molar-refractivity contribution in [3.05, 3.63) is 35.4 Å². The average molecular weight is 296 g/mol. The van der Waals surface area contributed by atoms with Crippen LogP contribution in [0.5, 0.6) is 0 Å². The second kappa shape index (κ2) is 6.07. The lowest BCUT2D eigenvalue weighted by Crippen LogP contribution is -2.50. The molecule has 4 nitrogen and oxygen atoms in total. The van der Waals surface area contributed by atoms with Gasteiger partial charge in [0.15, 0.2) is 11.6 Å². The van der Waals surface area contributed by atoms with Gasteiger partial charge in [-0.2, -0.15) is 0 Å². The van der Waals surface area contributed by atoms with Gasteiger partial charge in [-0.1, -0.05) is 0 Å². The molecule has 0 aliphatic carbocycles. The summed E-state index contributed by atoms with van der Waals surface area (Å²) in [6, 6.07) is 3.65. The highest BCUT2D eigenvalue weighted by Gasteiger charge is 2.32. The summed E-state index contributed by atoms with van der Waals surface area (Å²) < 4.78 is 31.7. The Bertz CT molecular complexity index is 538. The maximum absolute atomic E-state index is 13.1. The second-order valence-corrected chi connectivity index (χ2v) is 5.59. The highest BCUT2D eigenvalue weighted by atomic mass is 19.2. The van der Waals surface area contributed by atoms with Crippen LogP contribution in [0.25, 0.3) is 0 Å². The predicted molar refractivity (Wildman–Crippen MR) is 73.0 cm³/mol. The van der Waals surface area contributed by atoms with Crippen LogP contribution in [0.3, 0.4) is 0 Å². The van der Waals surface area contributed by atoms with Crippen molar-refractivity contribution in [2.24, 2.45) is 0 Å². The normalized spacial score (nSPS) is 25.6. The Labute approximate surface area is 122 Å². The first-order chi connectivity index (χ1) is 10.1. The number of hydrogen-bond acceptors (Lipinski definition) is 3. The molecule has 1 N–H and O–H groups in total. The first-order valence-electron chi connectivity index (χ1n) is 7.22. The molecule has 1 amide bonds. The first kappa shape index (κ1) is 14.4. The standard InChI is InChI=1S/C15H18F2N2O2/c16-13-4-3-10(6-14(13)17)15(20)18-7-12-8-19-5-1-2-11(19)9-21-12/h3-4,6,11-12H,1-2,5,7-9H2,(H,18,20)/t11-,12-/m0/s1. The van der Waals surface area contributed by atoms with Crippen LogP contribution in [-0.2, 0) is 4.74 Å². The average Bonchev–Trinajstić information content (AvgIpc) is 2.95. The fourth-order valence-corrected chi connectivity index (χ4v) is 2.96. The molecule has 2 atom stereocenters. The smallest absolute Gasteiger partial charge is 0.251 e. The molecule has 3 rings (SSSR count). The fourth-order valence-electron chi connectivity index (χ4n) is 2.96. The number of benzene rings is 1. The van der Waals surface area contributed by atoms with Crippen molar-refractivity contribution in [1.29, 1.82) is 0 Å². The zero-order valence-electron chi connectivity index (χ0n) is 11.6. The number of fused-ring (bicyclic) bond motifs is 1. The topological polar surface area (TPSA) is 41.6 Å². The number of rotatable bonds is 3. The molecule has 0 unspecified atom stereocenters. The highest BCUT2D eigenvalue weighted by Crippen LogP contribution is 2.22. The third-order valence-electron chi connectivity index (χ3n) is 4.13. The summed E-state index contributed by atoms with van der Waals surface area (Å²) in [4.78, 5) is 14.3. The van der Waals surface area contributed by atoms with Crippen molar-refractivity contribution in [2.45, 2.75) is 25.0 Å².